The van der Waals surface area contributed by atoms with Gasteiger partial charge in [-0.2, -0.15) is 8.61 Å². The molecule has 4 aromatic heterocycles. The Balaban J connectivity index is -0.00000174. The number of H-pyrrole nitrogens is 1. The summed E-state index contributed by atoms with van der Waals surface area (Å²) in [7, 11) is -19.0. The minimum atomic E-state index is -4.94. The Morgan fingerprint density at radius 2 is 0.934 bits per heavy atom. The van der Waals surface area contributed by atoms with Gasteiger partial charge in [-0.05, 0) is 67.9 Å². The zero-order valence-electron chi connectivity index (χ0n) is 32.0. The number of hydrogen-bond acceptors (Lipinski definition) is 17. The largest absolute Gasteiger partial charge is 2.00 e. The quantitative estimate of drug-likeness (QED) is 0.113. The van der Waals surface area contributed by atoms with Crippen molar-refractivity contribution < 1.29 is 123 Å². The zero-order chi connectivity index (χ0) is 42.9. The maximum atomic E-state index is 14.2. The molecule has 0 bridgehead atoms. The minimum absolute atomic E-state index is 0. The van der Waals surface area contributed by atoms with Crippen molar-refractivity contribution in [2.45, 2.75) is 49.8 Å². The molecule has 1 radical (unpaired) electrons. The van der Waals surface area contributed by atoms with Crippen molar-refractivity contribution in [2.75, 3.05) is 6.61 Å². The van der Waals surface area contributed by atoms with Crippen LogP contribution >= 0.6 is 0 Å². The molecule has 0 aliphatic rings. The van der Waals surface area contributed by atoms with Crippen molar-refractivity contribution in [3.63, 3.8) is 0 Å². The Bertz CT molecular complexity index is 1920. The first-order chi connectivity index (χ1) is 26.6. The van der Waals surface area contributed by atoms with E-state index in [0.717, 1.165) is 8.61 Å². The van der Waals surface area contributed by atoms with Crippen molar-refractivity contribution in [3.05, 3.63) is 138 Å². The predicted octanol–water partition coefficient (Wildman–Crippen LogP) is -9.33. The molecule has 23 nitrogen and oxygen atoms in total. The normalized spacial score (nSPS) is 11.0. The van der Waals surface area contributed by atoms with Crippen LogP contribution in [0, 0.1) is 27.4 Å². The summed E-state index contributed by atoms with van der Waals surface area (Å²) in [5.74, 6) is -1.12. The molecule has 1 aromatic carbocycles. The summed E-state index contributed by atoms with van der Waals surface area (Å²) in [5, 5.41) is 21.5. The molecule has 0 amide bonds. The van der Waals surface area contributed by atoms with E-state index < -0.39 is 56.1 Å². The van der Waals surface area contributed by atoms with Crippen molar-refractivity contribution in [2.24, 2.45) is 0 Å². The van der Waals surface area contributed by atoms with Crippen LogP contribution in [0.15, 0.2) is 120 Å². The van der Waals surface area contributed by atoms with Crippen LogP contribution in [0.3, 0.4) is 0 Å². The number of hydrogen-bond donors (Lipinski definition) is 1. The first-order valence-corrected chi connectivity index (χ1v) is 21.2. The monoisotopic (exact) mass is 989 g/mol. The smallest absolute Gasteiger partial charge is 0.871 e. The molecule has 0 saturated carbocycles. The van der Waals surface area contributed by atoms with Crippen LogP contribution in [0.2, 0.25) is 0 Å². The Labute approximate surface area is 365 Å². The second kappa shape index (κ2) is 28.6. The fourth-order valence-electron chi connectivity index (χ4n) is 4.56. The maximum Gasteiger partial charge on any atom is 2.00 e. The van der Waals surface area contributed by atoms with E-state index in [1.165, 1.54) is 24.5 Å². The molecule has 10 N–H and O–H groups in total. The molecule has 341 valence electrons. The Kier molecular flexibility index (Phi) is 28.8. The molecular formula is C33H44Cl2CoN6O17S2+2. The molecule has 5 rings (SSSR count). The van der Waals surface area contributed by atoms with Crippen LogP contribution in [0.25, 0.3) is 0 Å². The van der Waals surface area contributed by atoms with Crippen molar-refractivity contribution in [1.29, 1.82) is 0 Å². The van der Waals surface area contributed by atoms with Crippen LogP contribution < -0.4 is 47.4 Å². The molecule has 28 heteroatoms. The summed E-state index contributed by atoms with van der Waals surface area (Å²) in [5.41, 5.74) is 2.20. The molecule has 0 fully saturated rings. The summed E-state index contributed by atoms with van der Waals surface area (Å²) in [6.07, 6.45) is 6.28. The van der Waals surface area contributed by atoms with Gasteiger partial charge in [-0.3, -0.25) is 15.0 Å². The molecular weight excluding hydrogens is 946 g/mol. The molecule has 0 aliphatic heterocycles. The van der Waals surface area contributed by atoms with Gasteiger partial charge in [-0.25, -0.2) is 59.1 Å². The van der Waals surface area contributed by atoms with E-state index in [4.69, 9.17) is 42.4 Å². The van der Waals surface area contributed by atoms with Crippen LogP contribution in [-0.2, 0) is 74.0 Å². The zero-order valence-corrected chi connectivity index (χ0v) is 36.2. The number of rotatable bonds is 12. The van der Waals surface area contributed by atoms with Gasteiger partial charge in [0.15, 0.2) is 11.9 Å². The average Bonchev–Trinajstić information content (AvgIpc) is 3.12. The number of nitrogens with one attached hydrogen (secondary N) is 1. The summed E-state index contributed by atoms with van der Waals surface area (Å²) >= 11 is 0. The second-order valence-electron chi connectivity index (χ2n) is 11.1. The molecule has 0 unspecified atom stereocenters. The van der Waals surface area contributed by atoms with E-state index >= 15 is 0 Å². The Morgan fingerprint density at radius 1 is 0.623 bits per heavy atom. The van der Waals surface area contributed by atoms with Gasteiger partial charge in [0.05, 0.1) is 53.1 Å². The molecule has 0 spiro atoms. The SMILES string of the molecule is CCO.Cc1cc(S(=O)(=O)N(Cc2ccccn2)Cc2ccccn2)c([O-])c(S(=O)(=O)N(Cc2ccccn2)Cc2cccc[nH+]2)c1.O.[Co+2].[O-][Cl+3]([O-])([O-])[O-].[O-][Cl+3]([O-])([O-])[O-].[OH3+].[OH3+]. The van der Waals surface area contributed by atoms with Crippen LogP contribution in [0.4, 0.5) is 0 Å². The number of aromatic nitrogens is 4. The minimum Gasteiger partial charge on any atom is -0.871 e. The molecule has 0 saturated heterocycles. The van der Waals surface area contributed by atoms with E-state index in [-0.39, 0.29) is 66.0 Å². The Hall–Kier alpha value is -3.95. The maximum absolute atomic E-state index is 14.2. The molecule has 61 heavy (non-hydrogen) atoms. The summed E-state index contributed by atoms with van der Waals surface area (Å²) in [4.78, 5) is 14.5. The van der Waals surface area contributed by atoms with Gasteiger partial charge >= 0.3 is 16.8 Å². The topological polar surface area (TPSA) is 453 Å². The third-order valence-electron chi connectivity index (χ3n) is 6.71. The van der Waals surface area contributed by atoms with Gasteiger partial charge in [0, 0.05) is 37.3 Å². The number of pyridine rings is 4. The first-order valence-electron chi connectivity index (χ1n) is 15.9. The summed E-state index contributed by atoms with van der Waals surface area (Å²) in [6, 6.07) is 23.0. The standard InChI is InChI=1S/C31H30N6O5S2.C2H6O.2ClHO4.Co.3H2O/c1-24-18-29(43(39,40)36(20-25-10-2-6-14-32-25)21-26-11-3-7-15-33-26)31(38)30(19-24)44(41,42)37(22-27-12-4-8-16-34-27)23-28-13-5-9-17-35-28;1-2-3;2*2-1(3,4)5;;;;/h2-19,38H,20-23H2,1H3;3H,2H2,1H3;2*(H,2,3,4,5);;3*1H2/q;;;;+2;;;. The average molecular weight is 991 g/mol. The van der Waals surface area contributed by atoms with Crippen molar-refractivity contribution >= 4 is 20.0 Å². The second-order valence-corrected chi connectivity index (χ2v) is 16.4. The fourth-order valence-corrected chi connectivity index (χ4v) is 7.75. The van der Waals surface area contributed by atoms with Gasteiger partial charge in [-0.15, -0.1) is 20.5 Å². The van der Waals surface area contributed by atoms with Gasteiger partial charge in [0.1, 0.15) is 0 Å². The fraction of sp³-hybridized carbons (Fsp3) is 0.212. The third kappa shape index (κ3) is 23.2. The van der Waals surface area contributed by atoms with Gasteiger partial charge < -0.3 is 26.6 Å². The van der Waals surface area contributed by atoms with Crippen molar-refractivity contribution in [3.8, 4) is 5.75 Å². The van der Waals surface area contributed by atoms with Crippen LogP contribution in [0.1, 0.15) is 35.3 Å². The van der Waals surface area contributed by atoms with E-state index in [0.29, 0.717) is 28.3 Å². The number of aryl methyl sites for hydroxylation is 1. The predicted molar refractivity (Wildman–Crippen MR) is 185 cm³/mol. The molecule has 0 atom stereocenters. The molecule has 5 aromatic rings. The number of aromatic amines is 1. The number of sulfonamides is 2. The van der Waals surface area contributed by atoms with E-state index in [1.807, 2.05) is 0 Å². The van der Waals surface area contributed by atoms with E-state index in [2.05, 4.69) is 19.9 Å². The number of halogens is 2. The number of aliphatic hydroxyl groups is 1. The Morgan fingerprint density at radius 3 is 1.21 bits per heavy atom. The van der Waals surface area contributed by atoms with E-state index in [1.54, 1.807) is 99.0 Å². The van der Waals surface area contributed by atoms with Gasteiger partial charge in [0.25, 0.3) is 0 Å². The number of aliphatic hydroxyl groups excluding tert-OH is 1. The van der Waals surface area contributed by atoms with Crippen molar-refractivity contribution in [1.82, 2.24) is 23.6 Å². The van der Waals surface area contributed by atoms with Crippen LogP contribution in [-0.4, -0.2) is 57.6 Å². The van der Waals surface area contributed by atoms with Gasteiger partial charge in [-0.1, -0.05) is 30.0 Å². The molecule has 4 heterocycles. The third-order valence-corrected chi connectivity index (χ3v) is 10.3. The summed E-state index contributed by atoms with van der Waals surface area (Å²) in [6.45, 7) is 2.90. The first kappa shape index (κ1) is 61.3. The van der Waals surface area contributed by atoms with Gasteiger partial charge in [0.2, 0.25) is 20.0 Å². The van der Waals surface area contributed by atoms with Crippen LogP contribution in [0.5, 0.6) is 5.75 Å². The molecule has 0 aliphatic carbocycles. The summed E-state index contributed by atoms with van der Waals surface area (Å²) < 4.78 is 127. The van der Waals surface area contributed by atoms with E-state index in [9.17, 15) is 21.9 Å². The number of nitrogens with zero attached hydrogens (tertiary/aromatic N) is 5. The number of benzene rings is 1.